The number of nitrogens with zero attached hydrogens (tertiary/aromatic N) is 6. The molecule has 14 heteroatoms. The number of Topliss-reactive ketones (excluding diaryl/α,β-unsaturated/α-hetero) is 1. The second kappa shape index (κ2) is 14.7. The van der Waals surface area contributed by atoms with Crippen LogP contribution in [0.15, 0.2) is 19.2 Å². The summed E-state index contributed by atoms with van der Waals surface area (Å²) in [5, 5.41) is 10.3. The molecule has 4 atom stereocenters. The van der Waals surface area contributed by atoms with Crippen molar-refractivity contribution in [3.63, 3.8) is 0 Å². The van der Waals surface area contributed by atoms with Gasteiger partial charge in [0.2, 0.25) is 0 Å². The minimum absolute atomic E-state index is 0.140. The summed E-state index contributed by atoms with van der Waals surface area (Å²) >= 11 is 0. The molecule has 4 bridgehead atoms. The number of aliphatic hydroxyl groups is 1. The summed E-state index contributed by atoms with van der Waals surface area (Å²) in [6.07, 6.45) is 10.4. The van der Waals surface area contributed by atoms with Gasteiger partial charge in [-0.05, 0) is 88.9 Å². The highest BCUT2D eigenvalue weighted by molar-refractivity contribution is 5.86. The first-order chi connectivity index (χ1) is 25.1. The fourth-order valence-electron chi connectivity index (χ4n) is 9.66. The van der Waals surface area contributed by atoms with Crippen LogP contribution in [-0.2, 0) is 31.0 Å². The number of carbonyl (C=O) groups is 1. The Morgan fingerprint density at radius 1 is 0.558 bits per heavy atom. The molecule has 4 aromatic heterocycles. The molecule has 0 aliphatic heterocycles. The topological polar surface area (TPSA) is 183 Å². The van der Waals surface area contributed by atoms with E-state index in [1.54, 1.807) is 9.13 Å². The number of carbonyl (C=O) groups excluding carboxylic acids is 1. The monoisotopic (exact) mass is 718 g/mol. The lowest BCUT2D eigenvalue weighted by Gasteiger charge is -2.31. The maximum Gasteiger partial charge on any atom is 0.332 e. The number of ketones is 1. The third-order valence-corrected chi connectivity index (χ3v) is 12.2. The minimum atomic E-state index is -0.284. The number of hydrogen-bond acceptors (Lipinski definition) is 8. The summed E-state index contributed by atoms with van der Waals surface area (Å²) < 4.78 is 5.90. The normalized spacial score (nSPS) is 26.7. The average Bonchev–Trinajstić information content (AvgIpc) is 3.86. The number of aromatic nitrogens is 8. The fraction of sp³-hybridized carbons (Fsp3) is 0.711. The van der Waals surface area contributed by atoms with Crippen molar-refractivity contribution in [2.24, 2.45) is 23.7 Å². The lowest BCUT2D eigenvalue weighted by molar-refractivity contribution is -0.126. The van der Waals surface area contributed by atoms with Crippen LogP contribution in [0.4, 0.5) is 0 Å². The Morgan fingerprint density at radius 2 is 0.942 bits per heavy atom. The van der Waals surface area contributed by atoms with E-state index in [9.17, 15) is 29.1 Å². The zero-order valence-corrected chi connectivity index (χ0v) is 31.0. The van der Waals surface area contributed by atoms with Crippen LogP contribution in [0.2, 0.25) is 0 Å². The molecule has 4 aromatic rings. The lowest BCUT2D eigenvalue weighted by Crippen LogP contribution is -2.40. The number of aryl methyl sites for hydroxylation is 2. The highest BCUT2D eigenvalue weighted by Crippen LogP contribution is 2.48. The first-order valence-electron chi connectivity index (χ1n) is 19.8. The molecular weight excluding hydrogens is 664 g/mol. The first-order valence-corrected chi connectivity index (χ1v) is 19.8. The van der Waals surface area contributed by atoms with Crippen molar-refractivity contribution in [3.05, 3.63) is 53.3 Å². The molecule has 4 aliphatic rings. The zero-order valence-electron chi connectivity index (χ0n) is 31.0. The number of H-pyrrole nitrogens is 2. The number of nitrogens with one attached hydrogen (secondary N) is 2. The van der Waals surface area contributed by atoms with Gasteiger partial charge >= 0.3 is 11.4 Å². The molecule has 3 N–H and O–H groups in total. The molecule has 0 radical (unpaired) electrons. The molecule has 282 valence electrons. The van der Waals surface area contributed by atoms with E-state index in [4.69, 9.17) is 4.98 Å². The molecule has 4 aliphatic carbocycles. The SMILES string of the molecule is CCCn1c(=O)c2[nH]c(C3CC4CCC(C3)C4=O)nc2n(CCC)c1=O.CCCn1c(=O)c2[nH]c(C3CC4CCC(C3)C4O)nc2n(CCC)c1=O. The van der Waals surface area contributed by atoms with Crippen molar-refractivity contribution in [3.8, 4) is 0 Å². The Kier molecular flexibility index (Phi) is 10.3. The van der Waals surface area contributed by atoms with Gasteiger partial charge in [0.25, 0.3) is 11.1 Å². The quantitative estimate of drug-likeness (QED) is 0.219. The molecule has 4 heterocycles. The van der Waals surface area contributed by atoms with E-state index in [0.717, 1.165) is 88.7 Å². The summed E-state index contributed by atoms with van der Waals surface area (Å²) in [6.45, 7) is 9.86. The second-order valence-corrected chi connectivity index (χ2v) is 15.7. The van der Waals surface area contributed by atoms with Gasteiger partial charge in [0.05, 0.1) is 6.10 Å². The van der Waals surface area contributed by atoms with Crippen LogP contribution in [-0.4, -0.2) is 55.2 Å². The van der Waals surface area contributed by atoms with Gasteiger partial charge in [-0.1, -0.05) is 27.7 Å². The van der Waals surface area contributed by atoms with Crippen molar-refractivity contribution in [1.82, 2.24) is 38.2 Å². The summed E-state index contributed by atoms with van der Waals surface area (Å²) in [5.41, 5.74) is 0.734. The summed E-state index contributed by atoms with van der Waals surface area (Å²) in [6, 6.07) is 0. The Balaban J connectivity index is 0.000000162. The summed E-state index contributed by atoms with van der Waals surface area (Å²) in [5.74, 6) is 3.32. The average molecular weight is 719 g/mol. The van der Waals surface area contributed by atoms with Crippen molar-refractivity contribution >= 4 is 28.1 Å². The molecule has 52 heavy (non-hydrogen) atoms. The Labute approximate surface area is 301 Å². The number of hydrogen-bond donors (Lipinski definition) is 3. The number of aromatic amines is 2. The molecule has 4 fully saturated rings. The summed E-state index contributed by atoms with van der Waals surface area (Å²) in [4.78, 5) is 79.2. The van der Waals surface area contributed by atoms with Crippen LogP contribution in [0.1, 0.15) is 128 Å². The molecule has 0 saturated heterocycles. The molecule has 0 amide bonds. The molecule has 8 rings (SSSR count). The molecular formula is C38H54N8O6. The van der Waals surface area contributed by atoms with Crippen LogP contribution in [0, 0.1) is 23.7 Å². The molecule has 4 unspecified atom stereocenters. The molecule has 4 saturated carbocycles. The molecule has 14 nitrogen and oxygen atoms in total. The molecule has 0 spiro atoms. The third kappa shape index (κ3) is 6.24. The van der Waals surface area contributed by atoms with Crippen LogP contribution in [0.5, 0.6) is 0 Å². The predicted octanol–water partition coefficient (Wildman–Crippen LogP) is 4.15. The number of rotatable bonds is 10. The number of imidazole rings is 2. The van der Waals surface area contributed by atoms with Crippen LogP contribution < -0.4 is 22.5 Å². The Hall–Kier alpha value is -4.07. The van der Waals surface area contributed by atoms with Crippen LogP contribution in [0.3, 0.4) is 0 Å². The van der Waals surface area contributed by atoms with E-state index in [2.05, 4.69) is 15.0 Å². The largest absolute Gasteiger partial charge is 0.393 e. The highest BCUT2D eigenvalue weighted by Gasteiger charge is 2.44. The Morgan fingerprint density at radius 3 is 1.35 bits per heavy atom. The zero-order chi connectivity index (χ0) is 36.8. The first kappa shape index (κ1) is 36.3. The summed E-state index contributed by atoms with van der Waals surface area (Å²) in [7, 11) is 0. The van der Waals surface area contributed by atoms with E-state index in [0.29, 0.717) is 66.1 Å². The van der Waals surface area contributed by atoms with Crippen molar-refractivity contribution in [2.45, 2.75) is 149 Å². The van der Waals surface area contributed by atoms with Crippen molar-refractivity contribution in [1.29, 1.82) is 0 Å². The van der Waals surface area contributed by atoms with Gasteiger partial charge in [-0.3, -0.25) is 32.7 Å². The third-order valence-electron chi connectivity index (χ3n) is 12.2. The number of fused-ring (bicyclic) bond motifs is 6. The highest BCUT2D eigenvalue weighted by atomic mass is 16.3. The van der Waals surface area contributed by atoms with Crippen molar-refractivity contribution in [2.75, 3.05) is 0 Å². The predicted molar refractivity (Wildman–Crippen MR) is 198 cm³/mol. The van der Waals surface area contributed by atoms with E-state index in [-0.39, 0.29) is 52.3 Å². The van der Waals surface area contributed by atoms with E-state index in [1.807, 2.05) is 27.7 Å². The van der Waals surface area contributed by atoms with Crippen LogP contribution in [0.25, 0.3) is 22.3 Å². The lowest BCUT2D eigenvalue weighted by atomic mass is 9.78. The molecule has 0 aromatic carbocycles. The maximum absolute atomic E-state index is 12.8. The number of aliphatic hydroxyl groups excluding tert-OH is 1. The van der Waals surface area contributed by atoms with Gasteiger partial charge in [0.15, 0.2) is 11.3 Å². The van der Waals surface area contributed by atoms with Gasteiger partial charge in [0, 0.05) is 49.9 Å². The van der Waals surface area contributed by atoms with E-state index >= 15 is 0 Å². The minimum Gasteiger partial charge on any atom is -0.393 e. The smallest absolute Gasteiger partial charge is 0.332 e. The fourth-order valence-corrected chi connectivity index (χ4v) is 9.66. The van der Waals surface area contributed by atoms with E-state index < -0.39 is 0 Å². The van der Waals surface area contributed by atoms with Gasteiger partial charge < -0.3 is 15.1 Å². The van der Waals surface area contributed by atoms with Crippen LogP contribution >= 0.6 is 0 Å². The second-order valence-electron chi connectivity index (χ2n) is 15.7. The van der Waals surface area contributed by atoms with Gasteiger partial charge in [-0.15, -0.1) is 0 Å². The van der Waals surface area contributed by atoms with Gasteiger partial charge in [-0.2, -0.15) is 0 Å². The van der Waals surface area contributed by atoms with E-state index in [1.165, 1.54) is 9.13 Å². The maximum atomic E-state index is 12.8. The standard InChI is InChI=1S/C19H28N4O3.C19H26N4O3/c2*1-3-7-22-17-14(18(25)23(8-4-2)19(22)26)20-16(21-17)13-9-11-5-6-12(10-13)15(11)24/h11-13,15,24H,3-10H2,1-2H3,(H,20,21);11-13H,3-10H2,1-2H3,(H,20,21). The van der Waals surface area contributed by atoms with Gasteiger partial charge in [0.1, 0.15) is 28.5 Å². The Bertz CT molecular complexity index is 2170. The van der Waals surface area contributed by atoms with Crippen molar-refractivity contribution < 1.29 is 9.90 Å². The van der Waals surface area contributed by atoms with Gasteiger partial charge in [-0.25, -0.2) is 19.6 Å².